The van der Waals surface area contributed by atoms with Gasteiger partial charge in [0.05, 0.1) is 6.61 Å². The van der Waals surface area contributed by atoms with Crippen LogP contribution in [0.5, 0.6) is 0 Å². The molecule has 264 valence electrons. The van der Waals surface area contributed by atoms with Crippen LogP contribution in [0.1, 0.15) is 55.4 Å². The van der Waals surface area contributed by atoms with Gasteiger partial charge in [0.15, 0.2) is 36.9 Å². The van der Waals surface area contributed by atoms with Crippen LogP contribution < -0.4 is 16.0 Å². The Morgan fingerprint density at radius 1 is 0.489 bits per heavy atom. The molecule has 2 rings (SSSR count). The van der Waals surface area contributed by atoms with Crippen LogP contribution in [0, 0.1) is 0 Å². The van der Waals surface area contributed by atoms with Crippen LogP contribution in [-0.2, 0) is 76.3 Å². The molecule has 19 nitrogen and oxygen atoms in total. The second kappa shape index (κ2) is 17.5. The fourth-order valence-corrected chi connectivity index (χ4v) is 5.08. The summed E-state index contributed by atoms with van der Waals surface area (Å²) in [4.78, 5) is 96.5. The molecule has 19 heteroatoms. The highest BCUT2D eigenvalue weighted by molar-refractivity contribution is 5.75. The lowest BCUT2D eigenvalue weighted by Crippen LogP contribution is -2.70. The number of rotatable bonds is 12. The monoisotopic (exact) mass is 675 g/mol. The number of carbonyl (C=O) groups is 8. The Labute approximate surface area is 269 Å². The number of esters is 5. The third-order valence-corrected chi connectivity index (χ3v) is 6.51. The molecule has 3 N–H and O–H groups in total. The first-order chi connectivity index (χ1) is 21.9. The summed E-state index contributed by atoms with van der Waals surface area (Å²) >= 11 is 0. The summed E-state index contributed by atoms with van der Waals surface area (Å²) in [5.74, 6) is -5.80. The lowest BCUT2D eigenvalue weighted by molar-refractivity contribution is -0.292. The van der Waals surface area contributed by atoms with Gasteiger partial charge in [0.1, 0.15) is 30.9 Å². The molecule has 2 fully saturated rings. The molecule has 0 saturated carbocycles. The maximum absolute atomic E-state index is 12.3. The molecule has 2 saturated heterocycles. The highest BCUT2D eigenvalue weighted by Crippen LogP contribution is 2.30. The molecular formula is C28H41N3O16. The maximum Gasteiger partial charge on any atom is 0.303 e. The van der Waals surface area contributed by atoms with Gasteiger partial charge >= 0.3 is 29.8 Å². The SMILES string of the molecule is CC(=O)NC1C(OC(C)=O)[C@H](OC(C)=O)C(COC(C)=O)O[C@H]1OCC1O[C@@H](NC(C)=O)C(NC(C)=O)C(OC(C)=O)[C@@H]1OC(C)=O. The first-order valence-electron chi connectivity index (χ1n) is 14.5. The number of ether oxygens (including phenoxy) is 8. The molecule has 47 heavy (non-hydrogen) atoms. The zero-order valence-corrected chi connectivity index (χ0v) is 27.2. The molecular weight excluding hydrogens is 634 g/mol. The van der Waals surface area contributed by atoms with Gasteiger partial charge in [-0.15, -0.1) is 0 Å². The van der Waals surface area contributed by atoms with E-state index >= 15 is 0 Å². The minimum Gasteiger partial charge on any atom is -0.463 e. The molecule has 0 aromatic carbocycles. The zero-order valence-electron chi connectivity index (χ0n) is 27.2. The summed E-state index contributed by atoms with van der Waals surface area (Å²) in [6.45, 7) is 7.86. The Morgan fingerprint density at radius 3 is 1.32 bits per heavy atom. The zero-order chi connectivity index (χ0) is 35.6. The van der Waals surface area contributed by atoms with Crippen LogP contribution in [0.2, 0.25) is 0 Å². The summed E-state index contributed by atoms with van der Waals surface area (Å²) in [5.41, 5.74) is 0. The van der Waals surface area contributed by atoms with Gasteiger partial charge < -0.3 is 53.8 Å². The summed E-state index contributed by atoms with van der Waals surface area (Å²) < 4.78 is 44.8. The summed E-state index contributed by atoms with van der Waals surface area (Å²) in [6.07, 6.45) is -11.1. The van der Waals surface area contributed by atoms with E-state index in [1.54, 1.807) is 0 Å². The highest BCUT2D eigenvalue weighted by Gasteiger charge is 2.54. The van der Waals surface area contributed by atoms with Gasteiger partial charge in [0.25, 0.3) is 0 Å². The van der Waals surface area contributed by atoms with Crippen LogP contribution in [0.25, 0.3) is 0 Å². The predicted octanol–water partition coefficient (Wildman–Crippen LogP) is -2.11. The van der Waals surface area contributed by atoms with E-state index in [-0.39, 0.29) is 0 Å². The molecule has 0 aromatic heterocycles. The van der Waals surface area contributed by atoms with Crippen molar-refractivity contribution >= 4 is 47.6 Å². The molecule has 0 bridgehead atoms. The van der Waals surface area contributed by atoms with Crippen molar-refractivity contribution < 1.29 is 76.3 Å². The lowest BCUT2D eigenvalue weighted by Gasteiger charge is -2.47. The fourth-order valence-electron chi connectivity index (χ4n) is 5.08. The average Bonchev–Trinajstić information content (AvgIpc) is 2.91. The molecule has 6 unspecified atom stereocenters. The van der Waals surface area contributed by atoms with Crippen LogP contribution in [0.3, 0.4) is 0 Å². The van der Waals surface area contributed by atoms with Crippen molar-refractivity contribution in [2.45, 2.75) is 117 Å². The Bertz CT molecular complexity index is 1210. The van der Waals surface area contributed by atoms with Crippen molar-refractivity contribution in [1.29, 1.82) is 0 Å². The third-order valence-electron chi connectivity index (χ3n) is 6.51. The third kappa shape index (κ3) is 12.1. The van der Waals surface area contributed by atoms with Crippen LogP contribution >= 0.6 is 0 Å². The summed E-state index contributed by atoms with van der Waals surface area (Å²) in [7, 11) is 0. The van der Waals surface area contributed by atoms with Crippen molar-refractivity contribution in [2.75, 3.05) is 13.2 Å². The van der Waals surface area contributed by atoms with E-state index in [1.807, 2.05) is 0 Å². The average molecular weight is 676 g/mol. The van der Waals surface area contributed by atoms with Gasteiger partial charge in [-0.3, -0.25) is 38.4 Å². The quantitative estimate of drug-likeness (QED) is 0.148. The predicted molar refractivity (Wildman–Crippen MR) is 151 cm³/mol. The fraction of sp³-hybridized carbons (Fsp3) is 0.714. The van der Waals surface area contributed by atoms with Crippen LogP contribution in [0.4, 0.5) is 0 Å². The number of hydrogen-bond donors (Lipinski definition) is 3. The van der Waals surface area contributed by atoms with Gasteiger partial charge in [-0.05, 0) is 0 Å². The van der Waals surface area contributed by atoms with Gasteiger partial charge in [-0.1, -0.05) is 0 Å². The largest absolute Gasteiger partial charge is 0.463 e. The van der Waals surface area contributed by atoms with E-state index in [9.17, 15) is 38.4 Å². The van der Waals surface area contributed by atoms with Crippen LogP contribution in [0.15, 0.2) is 0 Å². The summed E-state index contributed by atoms with van der Waals surface area (Å²) in [6, 6.07) is -2.57. The number of nitrogens with one attached hydrogen (secondary N) is 3. The summed E-state index contributed by atoms with van der Waals surface area (Å²) in [5, 5.41) is 7.57. The van der Waals surface area contributed by atoms with Crippen molar-refractivity contribution in [3.8, 4) is 0 Å². The minimum atomic E-state index is -1.53. The first-order valence-corrected chi connectivity index (χ1v) is 14.5. The lowest BCUT2D eigenvalue weighted by atomic mass is 9.94. The van der Waals surface area contributed by atoms with Crippen molar-refractivity contribution in [3.05, 3.63) is 0 Å². The van der Waals surface area contributed by atoms with E-state index in [2.05, 4.69) is 16.0 Å². The Hall–Kier alpha value is -4.36. The molecule has 0 radical (unpaired) electrons. The Kier molecular flexibility index (Phi) is 14.5. The standard InChI is InChI=1S/C28H41N3O16/c1-11(32)29-21-25(44-17(7)38)23(42-15(5)36)19(46-27(21)31-13(3)34)10-41-28-22(30-12(2)33)26(45-18(8)39)24(43-16(6)37)20(47-28)9-40-14(4)35/h19-28H,9-10H2,1-8H3,(H,29,32)(H,30,33)(H,31,34)/t19?,20?,21?,22?,23-,24-,25?,26?,27-,28-/m1/s1. The molecule has 0 aliphatic carbocycles. The number of amides is 3. The van der Waals surface area contributed by atoms with E-state index in [0.29, 0.717) is 0 Å². The van der Waals surface area contributed by atoms with E-state index < -0.39 is 122 Å². The molecule has 3 amide bonds. The van der Waals surface area contributed by atoms with Crippen molar-refractivity contribution in [2.24, 2.45) is 0 Å². The molecule has 2 heterocycles. The van der Waals surface area contributed by atoms with Gasteiger partial charge in [0, 0.05) is 55.4 Å². The number of hydrogen-bond acceptors (Lipinski definition) is 16. The van der Waals surface area contributed by atoms with Gasteiger partial charge in [-0.2, -0.15) is 0 Å². The molecule has 2 aliphatic rings. The normalized spacial score (nSPS) is 30.0. The van der Waals surface area contributed by atoms with E-state index in [0.717, 1.165) is 41.5 Å². The molecule has 0 aromatic rings. The Morgan fingerprint density at radius 2 is 0.894 bits per heavy atom. The van der Waals surface area contributed by atoms with Crippen molar-refractivity contribution in [1.82, 2.24) is 16.0 Å². The highest BCUT2D eigenvalue weighted by atomic mass is 16.7. The minimum absolute atomic E-state index is 0.495. The molecule has 2 aliphatic heterocycles. The molecule has 0 spiro atoms. The van der Waals surface area contributed by atoms with Crippen LogP contribution in [-0.4, -0.2) is 122 Å². The smallest absolute Gasteiger partial charge is 0.303 e. The number of carbonyl (C=O) groups excluding carboxylic acids is 8. The van der Waals surface area contributed by atoms with Crippen molar-refractivity contribution in [3.63, 3.8) is 0 Å². The maximum atomic E-state index is 12.3. The second-order valence-electron chi connectivity index (χ2n) is 10.7. The Balaban J connectivity index is 2.56. The second-order valence-corrected chi connectivity index (χ2v) is 10.7. The first kappa shape index (κ1) is 38.8. The topological polar surface area (TPSA) is 246 Å². The van der Waals surface area contributed by atoms with Gasteiger partial charge in [-0.25, -0.2) is 0 Å². The molecule has 10 atom stereocenters. The van der Waals surface area contributed by atoms with Gasteiger partial charge in [0.2, 0.25) is 17.7 Å². The van der Waals surface area contributed by atoms with E-state index in [4.69, 9.17) is 37.9 Å². The van der Waals surface area contributed by atoms with E-state index in [1.165, 1.54) is 13.8 Å².